The van der Waals surface area contributed by atoms with Crippen LogP contribution in [-0.4, -0.2) is 21.5 Å². The summed E-state index contributed by atoms with van der Waals surface area (Å²) < 4.78 is 10.5. The number of hydrogen-bond acceptors (Lipinski definition) is 5. The number of halogens is 1. The Morgan fingerprint density at radius 2 is 1.85 bits per heavy atom. The fourth-order valence-electron chi connectivity index (χ4n) is 1.22. The molecule has 0 spiro atoms. The first-order chi connectivity index (χ1) is 8.73. The van der Waals surface area contributed by atoms with Crippen molar-refractivity contribution in [2.45, 2.75) is 12.8 Å². The Balaban J connectivity index is 0.00000361. The SMILES string of the molecule is O=C(CCC(=O)P(=O)([O-])O)N(O)c1ccccc1Cl.[Na+]. The molecule has 20 heavy (non-hydrogen) atoms. The number of hydrogen-bond donors (Lipinski definition) is 2. The zero-order chi connectivity index (χ0) is 14.6. The van der Waals surface area contributed by atoms with Gasteiger partial charge in [0.1, 0.15) is 0 Å². The molecule has 1 aromatic rings. The van der Waals surface area contributed by atoms with Gasteiger partial charge in [-0.3, -0.25) is 14.8 Å². The van der Waals surface area contributed by atoms with E-state index in [0.717, 1.165) is 0 Å². The molecule has 1 amide bonds. The van der Waals surface area contributed by atoms with E-state index < -0.39 is 31.9 Å². The van der Waals surface area contributed by atoms with Gasteiger partial charge in [0.25, 0.3) is 5.91 Å². The smallest absolute Gasteiger partial charge is 0.773 e. The third kappa shape index (κ3) is 5.63. The molecule has 1 unspecified atom stereocenters. The van der Waals surface area contributed by atoms with Crippen molar-refractivity contribution in [3.05, 3.63) is 29.3 Å². The molecule has 1 aromatic carbocycles. The van der Waals surface area contributed by atoms with E-state index in [2.05, 4.69) is 0 Å². The summed E-state index contributed by atoms with van der Waals surface area (Å²) in [6, 6.07) is 5.93. The van der Waals surface area contributed by atoms with Crippen molar-refractivity contribution in [2.75, 3.05) is 5.06 Å². The minimum absolute atomic E-state index is 0. The van der Waals surface area contributed by atoms with Gasteiger partial charge in [-0.1, -0.05) is 23.7 Å². The Hall–Kier alpha value is -0.240. The van der Waals surface area contributed by atoms with Crippen LogP contribution in [0.5, 0.6) is 0 Å². The third-order valence-electron chi connectivity index (χ3n) is 2.18. The molecule has 0 heterocycles. The van der Waals surface area contributed by atoms with E-state index in [9.17, 15) is 24.3 Å². The number of amides is 1. The van der Waals surface area contributed by atoms with E-state index in [1.807, 2.05) is 0 Å². The number of benzene rings is 1. The molecule has 1 atom stereocenters. The normalized spacial score (nSPS) is 13.0. The summed E-state index contributed by atoms with van der Waals surface area (Å²) in [4.78, 5) is 41.3. The molecule has 0 aromatic heterocycles. The average molecular weight is 330 g/mol. The van der Waals surface area contributed by atoms with Gasteiger partial charge in [-0.2, -0.15) is 5.06 Å². The Morgan fingerprint density at radius 1 is 1.30 bits per heavy atom. The summed E-state index contributed by atoms with van der Waals surface area (Å²) in [5.74, 6) is -0.921. The molecule has 104 valence electrons. The first kappa shape index (κ1) is 19.8. The molecule has 0 aliphatic carbocycles. The number of rotatable bonds is 5. The van der Waals surface area contributed by atoms with Crippen molar-refractivity contribution < 1.29 is 58.7 Å². The van der Waals surface area contributed by atoms with Crippen molar-refractivity contribution >= 4 is 36.3 Å². The van der Waals surface area contributed by atoms with Crippen LogP contribution in [0.2, 0.25) is 5.02 Å². The van der Waals surface area contributed by atoms with Gasteiger partial charge in [0.15, 0.2) is 7.60 Å². The Bertz CT molecular complexity index is 548. The molecule has 0 fully saturated rings. The standard InChI is InChI=1S/C10H11ClNO6P.Na/c11-7-3-1-2-4-8(7)12(15)9(13)5-6-10(14)19(16,17)18;/h1-4,15H,5-6H2,(H2,16,17,18);/q;+1/p-1. The van der Waals surface area contributed by atoms with E-state index in [1.54, 1.807) is 6.07 Å². The monoisotopic (exact) mass is 329 g/mol. The van der Waals surface area contributed by atoms with Gasteiger partial charge in [0.2, 0.25) is 5.52 Å². The van der Waals surface area contributed by atoms with Gasteiger partial charge < -0.3 is 14.4 Å². The van der Waals surface area contributed by atoms with Crippen molar-refractivity contribution in [1.82, 2.24) is 0 Å². The number of carbonyl (C=O) groups excluding carboxylic acids is 2. The summed E-state index contributed by atoms with van der Waals surface area (Å²) in [5, 5.41) is 9.90. The van der Waals surface area contributed by atoms with E-state index in [4.69, 9.17) is 16.5 Å². The van der Waals surface area contributed by atoms with E-state index in [0.29, 0.717) is 0 Å². The summed E-state index contributed by atoms with van der Waals surface area (Å²) in [5.41, 5.74) is -1.45. The molecule has 0 saturated heterocycles. The van der Waals surface area contributed by atoms with Crippen molar-refractivity contribution in [2.24, 2.45) is 0 Å². The fourth-order valence-corrected chi connectivity index (χ4v) is 1.83. The predicted molar refractivity (Wildman–Crippen MR) is 64.8 cm³/mol. The van der Waals surface area contributed by atoms with E-state index in [-0.39, 0.29) is 45.3 Å². The second-order valence-corrected chi connectivity index (χ2v) is 5.52. The van der Waals surface area contributed by atoms with Gasteiger partial charge >= 0.3 is 29.6 Å². The largest absolute Gasteiger partial charge is 1.00 e. The van der Waals surface area contributed by atoms with Crippen LogP contribution < -0.4 is 39.5 Å². The molecule has 0 aliphatic heterocycles. The molecule has 10 heteroatoms. The molecule has 0 saturated carbocycles. The second-order valence-electron chi connectivity index (χ2n) is 3.57. The Morgan fingerprint density at radius 3 is 2.35 bits per heavy atom. The number of hydroxylamine groups is 1. The summed E-state index contributed by atoms with van der Waals surface area (Å²) >= 11 is 5.74. The van der Waals surface area contributed by atoms with Gasteiger partial charge in [-0.25, -0.2) is 0 Å². The van der Waals surface area contributed by atoms with Gasteiger partial charge in [0.05, 0.1) is 10.7 Å². The molecule has 0 bridgehead atoms. The Labute approximate surface area is 141 Å². The summed E-state index contributed by atoms with van der Waals surface area (Å²) in [6.45, 7) is 0. The molecular formula is C10H10ClNNaO6P. The van der Waals surface area contributed by atoms with Crippen LogP contribution in [0.3, 0.4) is 0 Å². The van der Waals surface area contributed by atoms with Crippen LogP contribution in [0.1, 0.15) is 12.8 Å². The number of carbonyl (C=O) groups is 2. The molecule has 2 N–H and O–H groups in total. The van der Waals surface area contributed by atoms with Crippen LogP contribution in [-0.2, 0) is 14.2 Å². The second kappa shape index (κ2) is 8.26. The minimum Gasteiger partial charge on any atom is -0.773 e. The van der Waals surface area contributed by atoms with Crippen LogP contribution in [0, 0.1) is 0 Å². The fraction of sp³-hybridized carbons (Fsp3) is 0.200. The summed E-state index contributed by atoms with van der Waals surface area (Å²) in [6.07, 6.45) is -1.30. The average Bonchev–Trinajstić information content (AvgIpc) is 2.34. The topological polar surface area (TPSA) is 118 Å². The maximum Gasteiger partial charge on any atom is 1.00 e. The first-order valence-electron chi connectivity index (χ1n) is 5.07. The number of nitrogens with zero attached hydrogens (tertiary/aromatic N) is 1. The van der Waals surface area contributed by atoms with Gasteiger partial charge in [-0.05, 0) is 12.1 Å². The van der Waals surface area contributed by atoms with E-state index >= 15 is 0 Å². The van der Waals surface area contributed by atoms with Crippen molar-refractivity contribution in [3.8, 4) is 0 Å². The first-order valence-corrected chi connectivity index (χ1v) is 7.02. The summed E-state index contributed by atoms with van der Waals surface area (Å²) in [7, 11) is -5.09. The van der Waals surface area contributed by atoms with Crippen LogP contribution >= 0.6 is 19.2 Å². The number of para-hydroxylation sites is 1. The molecule has 7 nitrogen and oxygen atoms in total. The maximum atomic E-state index is 11.5. The quantitative estimate of drug-likeness (QED) is 0.277. The number of anilines is 1. The van der Waals surface area contributed by atoms with Crippen LogP contribution in [0.25, 0.3) is 0 Å². The maximum absolute atomic E-state index is 11.5. The van der Waals surface area contributed by atoms with E-state index in [1.165, 1.54) is 18.2 Å². The van der Waals surface area contributed by atoms with Crippen molar-refractivity contribution in [1.29, 1.82) is 0 Å². The Kier molecular flexibility index (Phi) is 8.16. The molecule has 1 rings (SSSR count). The zero-order valence-corrected chi connectivity index (χ0v) is 14.2. The predicted octanol–water partition coefficient (Wildman–Crippen LogP) is -2.08. The molecular weight excluding hydrogens is 320 g/mol. The van der Waals surface area contributed by atoms with Gasteiger partial charge in [-0.15, -0.1) is 0 Å². The zero-order valence-electron chi connectivity index (χ0n) is 10.5. The molecule has 0 radical (unpaired) electrons. The van der Waals surface area contributed by atoms with Crippen LogP contribution in [0.4, 0.5) is 5.69 Å². The molecule has 0 aliphatic rings. The van der Waals surface area contributed by atoms with Crippen molar-refractivity contribution in [3.63, 3.8) is 0 Å². The third-order valence-corrected chi connectivity index (χ3v) is 3.36. The van der Waals surface area contributed by atoms with Crippen LogP contribution in [0.15, 0.2) is 24.3 Å². The van der Waals surface area contributed by atoms with Gasteiger partial charge in [0, 0.05) is 12.8 Å². The minimum atomic E-state index is -5.09.